The van der Waals surface area contributed by atoms with Crippen LogP contribution in [0.4, 0.5) is 0 Å². The smallest absolute Gasteiger partial charge is 0.110 e. The normalized spacial score (nSPS) is 23.6. The van der Waals surface area contributed by atoms with Crippen molar-refractivity contribution < 1.29 is 18.9 Å². The molecule has 0 aliphatic carbocycles. The van der Waals surface area contributed by atoms with Crippen molar-refractivity contribution in [1.82, 2.24) is 0 Å². The largest absolute Gasteiger partial charge is 0.376 e. The summed E-state index contributed by atoms with van der Waals surface area (Å²) in [5, 5.41) is 0. The predicted octanol–water partition coefficient (Wildman–Crippen LogP) is 4.74. The first kappa shape index (κ1) is 21.9. The van der Waals surface area contributed by atoms with Gasteiger partial charge in [0.1, 0.15) is 6.10 Å². The Morgan fingerprint density at radius 3 is 2.21 bits per heavy atom. The third-order valence-electron chi connectivity index (χ3n) is 5.00. The van der Waals surface area contributed by atoms with Crippen molar-refractivity contribution in [3.05, 3.63) is 0 Å². The van der Waals surface area contributed by atoms with Crippen LogP contribution in [0.25, 0.3) is 0 Å². The summed E-state index contributed by atoms with van der Waals surface area (Å²) in [4.78, 5) is 0. The zero-order valence-electron chi connectivity index (χ0n) is 16.7. The van der Waals surface area contributed by atoms with E-state index in [2.05, 4.69) is 27.7 Å². The van der Waals surface area contributed by atoms with Gasteiger partial charge in [0, 0.05) is 19.6 Å². The van der Waals surface area contributed by atoms with Gasteiger partial charge in [-0.2, -0.15) is 0 Å². The maximum Gasteiger partial charge on any atom is 0.110 e. The Hall–Kier alpha value is -0.160. The zero-order valence-corrected chi connectivity index (χ0v) is 16.7. The maximum absolute atomic E-state index is 6.19. The van der Waals surface area contributed by atoms with Gasteiger partial charge in [0.15, 0.2) is 0 Å². The Labute approximate surface area is 149 Å². The molecule has 144 valence electrons. The lowest BCUT2D eigenvalue weighted by atomic mass is 9.82. The summed E-state index contributed by atoms with van der Waals surface area (Å²) in [5.74, 6) is 0. The number of hydrogen-bond donors (Lipinski definition) is 0. The number of unbranched alkanes of at least 4 members (excludes halogenated alkanes) is 4. The van der Waals surface area contributed by atoms with Crippen LogP contribution in [-0.4, -0.2) is 50.3 Å². The maximum atomic E-state index is 6.19. The summed E-state index contributed by atoms with van der Waals surface area (Å²) >= 11 is 0. The average Bonchev–Trinajstić information content (AvgIpc) is 2.56. The highest BCUT2D eigenvalue weighted by Crippen LogP contribution is 2.35. The van der Waals surface area contributed by atoms with E-state index in [-0.39, 0.29) is 17.3 Å². The third-order valence-corrected chi connectivity index (χ3v) is 5.00. The lowest BCUT2D eigenvalue weighted by Crippen LogP contribution is -2.53. The molecule has 4 heteroatoms. The second kappa shape index (κ2) is 11.5. The highest BCUT2D eigenvalue weighted by Gasteiger charge is 2.43. The minimum absolute atomic E-state index is 0.0222. The van der Waals surface area contributed by atoms with Gasteiger partial charge in [-0.05, 0) is 34.1 Å². The molecule has 0 aromatic rings. The molecule has 1 saturated heterocycles. The first-order chi connectivity index (χ1) is 11.5. The quantitative estimate of drug-likeness (QED) is 0.452. The summed E-state index contributed by atoms with van der Waals surface area (Å²) in [7, 11) is 0. The predicted molar refractivity (Wildman–Crippen MR) is 98.6 cm³/mol. The highest BCUT2D eigenvalue weighted by atomic mass is 16.6. The van der Waals surface area contributed by atoms with Gasteiger partial charge >= 0.3 is 0 Å². The molecule has 3 unspecified atom stereocenters. The van der Waals surface area contributed by atoms with Crippen LogP contribution >= 0.6 is 0 Å². The molecule has 0 saturated carbocycles. The van der Waals surface area contributed by atoms with Gasteiger partial charge in [-0.3, -0.25) is 0 Å². The van der Waals surface area contributed by atoms with Gasteiger partial charge in [-0.1, -0.05) is 39.0 Å². The third kappa shape index (κ3) is 7.38. The molecule has 0 N–H and O–H groups in total. The van der Waals surface area contributed by atoms with Crippen molar-refractivity contribution in [3.63, 3.8) is 0 Å². The van der Waals surface area contributed by atoms with Crippen molar-refractivity contribution in [3.8, 4) is 0 Å². The topological polar surface area (TPSA) is 36.9 Å². The SMILES string of the molecule is CCCCCCCC(C)(CC(C)(OCC)C1COCCO1)OCC. The van der Waals surface area contributed by atoms with E-state index in [0.29, 0.717) is 26.4 Å². The molecule has 1 rings (SSSR count). The number of hydrogen-bond acceptors (Lipinski definition) is 4. The van der Waals surface area contributed by atoms with Crippen molar-refractivity contribution in [2.24, 2.45) is 0 Å². The number of rotatable bonds is 13. The fourth-order valence-corrected chi connectivity index (χ4v) is 3.83. The monoisotopic (exact) mass is 344 g/mol. The first-order valence-corrected chi connectivity index (χ1v) is 9.97. The van der Waals surface area contributed by atoms with Gasteiger partial charge in [0.2, 0.25) is 0 Å². The van der Waals surface area contributed by atoms with E-state index in [4.69, 9.17) is 18.9 Å². The summed E-state index contributed by atoms with van der Waals surface area (Å²) in [6.45, 7) is 14.1. The average molecular weight is 345 g/mol. The summed E-state index contributed by atoms with van der Waals surface area (Å²) < 4.78 is 24.0. The lowest BCUT2D eigenvalue weighted by Gasteiger charge is -2.44. The number of ether oxygens (including phenoxy) is 4. The van der Waals surface area contributed by atoms with E-state index in [1.54, 1.807) is 0 Å². The Balaban J connectivity index is 2.68. The van der Waals surface area contributed by atoms with Crippen LogP contribution in [-0.2, 0) is 18.9 Å². The van der Waals surface area contributed by atoms with E-state index in [1.165, 1.54) is 32.1 Å². The van der Waals surface area contributed by atoms with Gasteiger partial charge in [0.05, 0.1) is 31.0 Å². The molecule has 0 aromatic carbocycles. The first-order valence-electron chi connectivity index (χ1n) is 9.97. The lowest BCUT2D eigenvalue weighted by molar-refractivity contribution is -0.210. The van der Waals surface area contributed by atoms with Gasteiger partial charge in [-0.15, -0.1) is 0 Å². The molecule has 0 amide bonds. The molecular formula is C20H40O4. The second-order valence-electron chi connectivity index (χ2n) is 7.40. The Morgan fingerprint density at radius 1 is 0.917 bits per heavy atom. The highest BCUT2D eigenvalue weighted by molar-refractivity contribution is 4.94. The van der Waals surface area contributed by atoms with Gasteiger partial charge < -0.3 is 18.9 Å². The molecule has 1 aliphatic rings. The standard InChI is InChI=1S/C20H40O4/c1-6-9-10-11-12-13-19(4,23-7-2)17-20(5,24-8-3)18-16-21-14-15-22-18/h18H,6-17H2,1-5H3. The van der Waals surface area contributed by atoms with Crippen molar-refractivity contribution in [1.29, 1.82) is 0 Å². The summed E-state index contributed by atoms with van der Waals surface area (Å²) in [6, 6.07) is 0. The molecule has 4 nitrogen and oxygen atoms in total. The molecule has 0 spiro atoms. The molecular weight excluding hydrogens is 304 g/mol. The molecule has 1 fully saturated rings. The van der Waals surface area contributed by atoms with E-state index in [1.807, 2.05) is 6.92 Å². The van der Waals surface area contributed by atoms with Crippen molar-refractivity contribution in [2.45, 2.75) is 96.9 Å². The van der Waals surface area contributed by atoms with Gasteiger partial charge in [0.25, 0.3) is 0 Å². The van der Waals surface area contributed by atoms with Crippen LogP contribution in [0.3, 0.4) is 0 Å². The molecule has 1 heterocycles. The molecule has 0 radical (unpaired) electrons. The van der Waals surface area contributed by atoms with Crippen LogP contribution in [0.2, 0.25) is 0 Å². The van der Waals surface area contributed by atoms with Crippen LogP contribution in [0, 0.1) is 0 Å². The van der Waals surface area contributed by atoms with Gasteiger partial charge in [-0.25, -0.2) is 0 Å². The Morgan fingerprint density at radius 2 is 1.62 bits per heavy atom. The Kier molecular flexibility index (Phi) is 10.4. The van der Waals surface area contributed by atoms with E-state index in [0.717, 1.165) is 19.4 Å². The molecule has 1 aliphatic heterocycles. The van der Waals surface area contributed by atoms with E-state index < -0.39 is 0 Å². The van der Waals surface area contributed by atoms with Crippen LogP contribution in [0.1, 0.15) is 79.6 Å². The van der Waals surface area contributed by atoms with Crippen molar-refractivity contribution >= 4 is 0 Å². The van der Waals surface area contributed by atoms with Crippen LogP contribution in [0.5, 0.6) is 0 Å². The molecule has 24 heavy (non-hydrogen) atoms. The van der Waals surface area contributed by atoms with E-state index in [9.17, 15) is 0 Å². The molecule has 3 atom stereocenters. The van der Waals surface area contributed by atoms with E-state index >= 15 is 0 Å². The van der Waals surface area contributed by atoms with Crippen LogP contribution in [0.15, 0.2) is 0 Å². The summed E-state index contributed by atoms with van der Waals surface area (Å²) in [6.07, 6.45) is 8.31. The second-order valence-corrected chi connectivity index (χ2v) is 7.40. The fourth-order valence-electron chi connectivity index (χ4n) is 3.83. The van der Waals surface area contributed by atoms with Crippen LogP contribution < -0.4 is 0 Å². The molecule has 0 bridgehead atoms. The minimum atomic E-state index is -0.373. The van der Waals surface area contributed by atoms with Crippen molar-refractivity contribution in [2.75, 3.05) is 33.0 Å². The fraction of sp³-hybridized carbons (Fsp3) is 1.00. The summed E-state index contributed by atoms with van der Waals surface area (Å²) in [5.41, 5.74) is -0.547. The Bertz CT molecular complexity index is 317. The molecule has 0 aromatic heterocycles. The minimum Gasteiger partial charge on any atom is -0.376 e. The zero-order chi connectivity index (χ0) is 17.9.